The number of rotatable bonds is 7. The van der Waals surface area contributed by atoms with Crippen molar-refractivity contribution in [2.75, 3.05) is 53.5 Å². The standard InChI is InChI=1S/C12H23N3O4/c1-14(2)6-8-19-7-4-13-12(18)15-5-3-10(9-15)11(16)17/h10H,3-9H2,1-2H3,(H,13,18)(H,16,17). The maximum Gasteiger partial charge on any atom is 0.317 e. The van der Waals surface area contributed by atoms with Crippen molar-refractivity contribution in [2.45, 2.75) is 6.42 Å². The summed E-state index contributed by atoms with van der Waals surface area (Å²) in [5.41, 5.74) is 0. The van der Waals surface area contributed by atoms with E-state index in [0.29, 0.717) is 39.3 Å². The van der Waals surface area contributed by atoms with Crippen molar-refractivity contribution < 1.29 is 19.4 Å². The molecular weight excluding hydrogens is 250 g/mol. The van der Waals surface area contributed by atoms with Crippen molar-refractivity contribution in [3.05, 3.63) is 0 Å². The van der Waals surface area contributed by atoms with Crippen LogP contribution < -0.4 is 5.32 Å². The Labute approximate surface area is 113 Å². The molecule has 1 heterocycles. The predicted octanol–water partition coefficient (Wildman–Crippen LogP) is -0.319. The summed E-state index contributed by atoms with van der Waals surface area (Å²) in [6, 6.07) is -0.208. The molecule has 1 rings (SSSR count). The number of nitrogens with one attached hydrogen (secondary N) is 1. The Bertz CT molecular complexity index is 309. The summed E-state index contributed by atoms with van der Waals surface area (Å²) >= 11 is 0. The Morgan fingerprint density at radius 3 is 2.74 bits per heavy atom. The molecule has 0 spiro atoms. The van der Waals surface area contributed by atoms with Crippen molar-refractivity contribution >= 4 is 12.0 Å². The van der Waals surface area contributed by atoms with E-state index in [1.165, 1.54) is 0 Å². The maximum atomic E-state index is 11.7. The second-order valence-electron chi connectivity index (χ2n) is 4.92. The molecule has 0 aromatic carbocycles. The van der Waals surface area contributed by atoms with Gasteiger partial charge in [0.2, 0.25) is 0 Å². The lowest BCUT2D eigenvalue weighted by atomic mass is 10.1. The van der Waals surface area contributed by atoms with Crippen LogP contribution >= 0.6 is 0 Å². The van der Waals surface area contributed by atoms with Crippen LogP contribution in [-0.4, -0.2) is 80.4 Å². The number of nitrogens with zero attached hydrogens (tertiary/aromatic N) is 2. The van der Waals surface area contributed by atoms with E-state index in [1.54, 1.807) is 4.90 Å². The van der Waals surface area contributed by atoms with Gasteiger partial charge in [-0.2, -0.15) is 0 Å². The van der Waals surface area contributed by atoms with Gasteiger partial charge < -0.3 is 25.0 Å². The van der Waals surface area contributed by atoms with Gasteiger partial charge in [0.15, 0.2) is 0 Å². The minimum absolute atomic E-state index is 0.208. The average Bonchev–Trinajstić information content (AvgIpc) is 2.82. The highest BCUT2D eigenvalue weighted by molar-refractivity contribution is 5.77. The molecule has 110 valence electrons. The van der Waals surface area contributed by atoms with Crippen molar-refractivity contribution in [3.8, 4) is 0 Å². The van der Waals surface area contributed by atoms with Crippen LogP contribution in [0, 0.1) is 5.92 Å². The zero-order valence-corrected chi connectivity index (χ0v) is 11.6. The molecule has 1 atom stereocenters. The topological polar surface area (TPSA) is 82.1 Å². The summed E-state index contributed by atoms with van der Waals surface area (Å²) in [7, 11) is 3.94. The summed E-state index contributed by atoms with van der Waals surface area (Å²) < 4.78 is 5.35. The Kier molecular flexibility index (Phi) is 6.58. The van der Waals surface area contributed by atoms with E-state index in [1.807, 2.05) is 19.0 Å². The number of carboxylic acids is 1. The van der Waals surface area contributed by atoms with E-state index in [2.05, 4.69) is 5.32 Å². The quantitative estimate of drug-likeness (QED) is 0.621. The van der Waals surface area contributed by atoms with E-state index in [4.69, 9.17) is 9.84 Å². The van der Waals surface area contributed by atoms with E-state index < -0.39 is 11.9 Å². The van der Waals surface area contributed by atoms with Gasteiger partial charge >= 0.3 is 12.0 Å². The average molecular weight is 273 g/mol. The lowest BCUT2D eigenvalue weighted by Gasteiger charge is -2.17. The maximum absolute atomic E-state index is 11.7. The number of carbonyl (C=O) groups is 2. The van der Waals surface area contributed by atoms with Crippen LogP contribution in [0.25, 0.3) is 0 Å². The molecule has 1 saturated heterocycles. The number of hydrogen-bond acceptors (Lipinski definition) is 4. The summed E-state index contributed by atoms with van der Waals surface area (Å²) in [5.74, 6) is -1.26. The molecule has 0 bridgehead atoms. The van der Waals surface area contributed by atoms with Gasteiger partial charge in [-0.3, -0.25) is 4.79 Å². The first-order valence-corrected chi connectivity index (χ1v) is 6.48. The van der Waals surface area contributed by atoms with Gasteiger partial charge in [0.05, 0.1) is 19.1 Å². The van der Waals surface area contributed by atoms with Gasteiger partial charge in [-0.15, -0.1) is 0 Å². The third-order valence-corrected chi connectivity index (χ3v) is 3.03. The van der Waals surface area contributed by atoms with Gasteiger partial charge in [-0.1, -0.05) is 0 Å². The Morgan fingerprint density at radius 2 is 2.16 bits per heavy atom. The highest BCUT2D eigenvalue weighted by Gasteiger charge is 2.30. The number of amides is 2. The van der Waals surface area contributed by atoms with E-state index in [-0.39, 0.29) is 6.03 Å². The third kappa shape index (κ3) is 5.89. The van der Waals surface area contributed by atoms with Crippen LogP contribution in [0.5, 0.6) is 0 Å². The molecule has 0 aromatic heterocycles. The SMILES string of the molecule is CN(C)CCOCCNC(=O)N1CCC(C(=O)O)C1. The number of carbonyl (C=O) groups excluding carboxylic acids is 1. The van der Waals surface area contributed by atoms with Crippen molar-refractivity contribution in [3.63, 3.8) is 0 Å². The first-order valence-electron chi connectivity index (χ1n) is 6.48. The van der Waals surface area contributed by atoms with Crippen LogP contribution in [0.1, 0.15) is 6.42 Å². The largest absolute Gasteiger partial charge is 0.481 e. The molecule has 0 aliphatic carbocycles. The summed E-state index contributed by atoms with van der Waals surface area (Å²) in [4.78, 5) is 26.1. The van der Waals surface area contributed by atoms with Gasteiger partial charge in [0.1, 0.15) is 0 Å². The summed E-state index contributed by atoms with van der Waals surface area (Å²) in [6.45, 7) is 3.19. The van der Waals surface area contributed by atoms with E-state index >= 15 is 0 Å². The Balaban J connectivity index is 2.07. The van der Waals surface area contributed by atoms with Gasteiger partial charge in [-0.05, 0) is 20.5 Å². The minimum Gasteiger partial charge on any atom is -0.481 e. The molecule has 1 aliphatic rings. The molecule has 19 heavy (non-hydrogen) atoms. The van der Waals surface area contributed by atoms with Gasteiger partial charge in [0.25, 0.3) is 0 Å². The first-order chi connectivity index (χ1) is 9.00. The third-order valence-electron chi connectivity index (χ3n) is 3.03. The van der Waals surface area contributed by atoms with Crippen LogP contribution in [0.3, 0.4) is 0 Å². The molecule has 0 radical (unpaired) electrons. The molecule has 1 unspecified atom stereocenters. The lowest BCUT2D eigenvalue weighted by Crippen LogP contribution is -2.40. The molecule has 7 heteroatoms. The van der Waals surface area contributed by atoms with Crippen molar-refractivity contribution in [1.29, 1.82) is 0 Å². The number of ether oxygens (including phenoxy) is 1. The molecule has 1 aliphatic heterocycles. The second kappa shape index (κ2) is 7.96. The highest BCUT2D eigenvalue weighted by atomic mass is 16.5. The fraction of sp³-hybridized carbons (Fsp3) is 0.833. The predicted molar refractivity (Wildman–Crippen MR) is 70.1 cm³/mol. The van der Waals surface area contributed by atoms with Crippen LogP contribution in [-0.2, 0) is 9.53 Å². The normalized spacial score (nSPS) is 18.9. The van der Waals surface area contributed by atoms with Crippen LogP contribution in [0.2, 0.25) is 0 Å². The lowest BCUT2D eigenvalue weighted by molar-refractivity contribution is -0.141. The number of likely N-dealkylation sites (N-methyl/N-ethyl adjacent to an activating group) is 1. The smallest absolute Gasteiger partial charge is 0.317 e. The summed E-state index contributed by atoms with van der Waals surface area (Å²) in [5, 5.41) is 11.6. The molecular formula is C12H23N3O4. The second-order valence-corrected chi connectivity index (χ2v) is 4.92. The number of aliphatic carboxylic acids is 1. The molecule has 7 nitrogen and oxygen atoms in total. The first kappa shape index (κ1) is 15.7. The van der Waals surface area contributed by atoms with Crippen molar-refractivity contribution in [2.24, 2.45) is 5.92 Å². The molecule has 1 fully saturated rings. The van der Waals surface area contributed by atoms with Crippen LogP contribution in [0.4, 0.5) is 4.79 Å². The van der Waals surface area contributed by atoms with E-state index in [0.717, 1.165) is 6.54 Å². The Morgan fingerprint density at radius 1 is 1.42 bits per heavy atom. The highest BCUT2D eigenvalue weighted by Crippen LogP contribution is 2.15. The molecule has 0 saturated carbocycles. The zero-order chi connectivity index (χ0) is 14.3. The number of likely N-dealkylation sites (tertiary alicyclic amines) is 1. The molecule has 2 amide bonds. The molecule has 0 aromatic rings. The monoisotopic (exact) mass is 273 g/mol. The summed E-state index contributed by atoms with van der Waals surface area (Å²) in [6.07, 6.45) is 0.530. The van der Waals surface area contributed by atoms with Gasteiger partial charge in [-0.25, -0.2) is 4.79 Å². The number of hydrogen-bond donors (Lipinski definition) is 2. The van der Waals surface area contributed by atoms with Crippen LogP contribution in [0.15, 0.2) is 0 Å². The van der Waals surface area contributed by atoms with Crippen molar-refractivity contribution in [1.82, 2.24) is 15.1 Å². The van der Waals surface area contributed by atoms with Gasteiger partial charge in [0, 0.05) is 26.2 Å². The minimum atomic E-state index is -0.831. The fourth-order valence-electron chi connectivity index (χ4n) is 1.84. The molecule has 2 N–H and O–H groups in total. The Hall–Kier alpha value is -1.34. The number of urea groups is 1. The number of carboxylic acid groups (broad SMARTS) is 1. The van der Waals surface area contributed by atoms with E-state index in [9.17, 15) is 9.59 Å². The zero-order valence-electron chi connectivity index (χ0n) is 11.6. The fourth-order valence-corrected chi connectivity index (χ4v) is 1.84.